The van der Waals surface area contributed by atoms with Gasteiger partial charge in [-0.1, -0.05) is 24.3 Å². The van der Waals surface area contributed by atoms with E-state index in [0.717, 1.165) is 18.4 Å². The standard InChI is InChI=1S/C27H24O6/c1-31-21-9-3-2-6-18(21)27(30)32-17-14-12-16(13-15-17)24-25-19(28)7-4-10-22(25)33-23-11-5-8-20(29)26(23)24/h2-3,6,9,12-15,24H,4-5,7-8,10-11H2,1H3. The van der Waals surface area contributed by atoms with Crippen LogP contribution in [0.2, 0.25) is 0 Å². The molecule has 0 spiro atoms. The number of rotatable bonds is 4. The third-order valence-electron chi connectivity index (χ3n) is 6.39. The van der Waals surface area contributed by atoms with Gasteiger partial charge in [-0.2, -0.15) is 0 Å². The molecule has 0 bridgehead atoms. The van der Waals surface area contributed by atoms with Crippen molar-refractivity contribution in [3.63, 3.8) is 0 Å². The van der Waals surface area contributed by atoms with Crippen molar-refractivity contribution in [1.82, 2.24) is 0 Å². The second kappa shape index (κ2) is 8.70. The van der Waals surface area contributed by atoms with Crippen LogP contribution in [0, 0.1) is 0 Å². The number of hydrogen-bond acceptors (Lipinski definition) is 6. The van der Waals surface area contributed by atoms with E-state index in [1.54, 1.807) is 36.4 Å². The maximum absolute atomic E-state index is 12.9. The molecule has 0 amide bonds. The first-order valence-corrected chi connectivity index (χ1v) is 11.2. The first-order valence-electron chi connectivity index (χ1n) is 11.2. The normalized spacial score (nSPS) is 18.5. The SMILES string of the molecule is COc1ccccc1C(=O)Oc1ccc(C2C3=C(CCCC3=O)OC3=C2C(=O)CCC3)cc1. The zero-order valence-electron chi connectivity index (χ0n) is 18.4. The smallest absolute Gasteiger partial charge is 0.347 e. The molecule has 1 heterocycles. The molecule has 0 fully saturated rings. The second-order valence-corrected chi connectivity index (χ2v) is 8.42. The van der Waals surface area contributed by atoms with Crippen molar-refractivity contribution in [3.05, 3.63) is 82.3 Å². The van der Waals surface area contributed by atoms with Gasteiger partial charge in [0, 0.05) is 42.7 Å². The minimum absolute atomic E-state index is 0.0397. The Labute approximate surface area is 191 Å². The van der Waals surface area contributed by atoms with Crippen molar-refractivity contribution in [2.75, 3.05) is 7.11 Å². The molecule has 33 heavy (non-hydrogen) atoms. The number of ketones is 2. The molecule has 0 N–H and O–H groups in total. The number of para-hydroxylation sites is 1. The summed E-state index contributed by atoms with van der Waals surface area (Å²) in [5, 5.41) is 0. The second-order valence-electron chi connectivity index (χ2n) is 8.42. The van der Waals surface area contributed by atoms with Crippen LogP contribution in [0.5, 0.6) is 11.5 Å². The van der Waals surface area contributed by atoms with Crippen molar-refractivity contribution < 1.29 is 28.6 Å². The lowest BCUT2D eigenvalue weighted by Crippen LogP contribution is -2.30. The summed E-state index contributed by atoms with van der Waals surface area (Å²) in [6, 6.07) is 13.9. The number of hydrogen-bond donors (Lipinski definition) is 0. The molecule has 0 saturated carbocycles. The summed E-state index contributed by atoms with van der Waals surface area (Å²) in [4.78, 5) is 38.4. The summed E-state index contributed by atoms with van der Waals surface area (Å²) < 4.78 is 16.8. The van der Waals surface area contributed by atoms with E-state index in [1.165, 1.54) is 7.11 Å². The fourth-order valence-corrected chi connectivity index (χ4v) is 4.85. The highest BCUT2D eigenvalue weighted by molar-refractivity contribution is 6.05. The van der Waals surface area contributed by atoms with Crippen molar-refractivity contribution in [3.8, 4) is 11.5 Å². The summed E-state index contributed by atoms with van der Waals surface area (Å²) in [6.07, 6.45) is 3.86. The predicted octanol–water partition coefficient (Wildman–Crippen LogP) is 5.04. The summed E-state index contributed by atoms with van der Waals surface area (Å²) in [7, 11) is 1.50. The summed E-state index contributed by atoms with van der Waals surface area (Å²) in [6.45, 7) is 0. The Balaban J connectivity index is 1.46. The van der Waals surface area contributed by atoms with E-state index in [9.17, 15) is 14.4 Å². The lowest BCUT2D eigenvalue weighted by molar-refractivity contribution is -0.117. The van der Waals surface area contributed by atoms with Gasteiger partial charge < -0.3 is 14.2 Å². The first kappa shape index (κ1) is 21.2. The number of allylic oxidation sites excluding steroid dienone is 4. The van der Waals surface area contributed by atoms with Crippen molar-refractivity contribution >= 4 is 17.5 Å². The van der Waals surface area contributed by atoms with Gasteiger partial charge in [-0.15, -0.1) is 0 Å². The quantitative estimate of drug-likeness (QED) is 0.485. The molecule has 0 radical (unpaired) electrons. The predicted molar refractivity (Wildman–Crippen MR) is 120 cm³/mol. The van der Waals surface area contributed by atoms with E-state index in [1.807, 2.05) is 12.1 Å². The molecule has 2 aromatic carbocycles. The van der Waals surface area contributed by atoms with Gasteiger partial charge in [0.2, 0.25) is 0 Å². The molecule has 0 aromatic heterocycles. The van der Waals surface area contributed by atoms with E-state index in [0.29, 0.717) is 65.4 Å². The van der Waals surface area contributed by atoms with Crippen molar-refractivity contribution in [1.29, 1.82) is 0 Å². The monoisotopic (exact) mass is 444 g/mol. The van der Waals surface area contributed by atoms with Crippen LogP contribution < -0.4 is 9.47 Å². The van der Waals surface area contributed by atoms with E-state index >= 15 is 0 Å². The van der Waals surface area contributed by atoms with Gasteiger partial charge >= 0.3 is 5.97 Å². The first-order chi connectivity index (χ1) is 16.1. The Morgan fingerprint density at radius 1 is 0.848 bits per heavy atom. The van der Waals surface area contributed by atoms with Crippen LogP contribution in [-0.4, -0.2) is 24.6 Å². The number of ether oxygens (including phenoxy) is 3. The van der Waals surface area contributed by atoms with Crippen molar-refractivity contribution in [2.45, 2.75) is 44.4 Å². The Morgan fingerprint density at radius 2 is 1.45 bits per heavy atom. The summed E-state index contributed by atoms with van der Waals surface area (Å²) in [5.41, 5.74) is 2.36. The van der Waals surface area contributed by atoms with Gasteiger partial charge in [-0.05, 0) is 42.7 Å². The molecular formula is C27H24O6. The molecule has 0 unspecified atom stereocenters. The topological polar surface area (TPSA) is 78.9 Å². The molecule has 2 aliphatic carbocycles. The summed E-state index contributed by atoms with van der Waals surface area (Å²) in [5.74, 6) is 1.35. The zero-order chi connectivity index (χ0) is 22.9. The molecule has 3 aliphatic rings. The minimum Gasteiger partial charge on any atom is -0.496 e. The molecule has 2 aromatic rings. The Morgan fingerprint density at radius 3 is 2.06 bits per heavy atom. The average molecular weight is 444 g/mol. The molecule has 1 aliphatic heterocycles. The number of esters is 1. The lowest BCUT2D eigenvalue weighted by atomic mass is 9.73. The highest BCUT2D eigenvalue weighted by atomic mass is 16.5. The highest BCUT2D eigenvalue weighted by Crippen LogP contribution is 2.47. The Kier molecular flexibility index (Phi) is 5.58. The van der Waals surface area contributed by atoms with Crippen LogP contribution in [-0.2, 0) is 14.3 Å². The van der Waals surface area contributed by atoms with Crippen LogP contribution in [0.15, 0.2) is 71.2 Å². The van der Waals surface area contributed by atoms with Crippen LogP contribution in [0.3, 0.4) is 0 Å². The van der Waals surface area contributed by atoms with Crippen LogP contribution in [0.25, 0.3) is 0 Å². The molecule has 168 valence electrons. The van der Waals surface area contributed by atoms with Gasteiger partial charge in [-0.3, -0.25) is 9.59 Å². The number of carbonyl (C=O) groups is 3. The summed E-state index contributed by atoms with van der Waals surface area (Å²) >= 11 is 0. The molecule has 0 saturated heterocycles. The van der Waals surface area contributed by atoms with E-state index in [4.69, 9.17) is 14.2 Å². The van der Waals surface area contributed by atoms with Crippen LogP contribution in [0.1, 0.15) is 60.4 Å². The molecular weight excluding hydrogens is 420 g/mol. The Hall–Kier alpha value is -3.67. The highest BCUT2D eigenvalue weighted by Gasteiger charge is 2.41. The minimum atomic E-state index is -0.522. The third kappa shape index (κ3) is 3.86. The van der Waals surface area contributed by atoms with Crippen LogP contribution >= 0.6 is 0 Å². The number of Topliss-reactive ketones (excluding diaryl/α,β-unsaturated/α-hetero) is 2. The largest absolute Gasteiger partial charge is 0.496 e. The maximum Gasteiger partial charge on any atom is 0.347 e. The fourth-order valence-electron chi connectivity index (χ4n) is 4.85. The van der Waals surface area contributed by atoms with Gasteiger partial charge in [0.1, 0.15) is 28.6 Å². The zero-order valence-corrected chi connectivity index (χ0v) is 18.4. The van der Waals surface area contributed by atoms with E-state index < -0.39 is 11.9 Å². The van der Waals surface area contributed by atoms with Crippen LogP contribution in [0.4, 0.5) is 0 Å². The lowest BCUT2D eigenvalue weighted by Gasteiger charge is -2.36. The number of benzene rings is 2. The van der Waals surface area contributed by atoms with Gasteiger partial charge in [0.15, 0.2) is 11.6 Å². The average Bonchev–Trinajstić information content (AvgIpc) is 2.83. The molecule has 6 heteroatoms. The third-order valence-corrected chi connectivity index (χ3v) is 6.39. The fraction of sp³-hybridized carbons (Fsp3) is 0.296. The van der Waals surface area contributed by atoms with E-state index in [2.05, 4.69) is 0 Å². The van der Waals surface area contributed by atoms with Gasteiger partial charge in [0.05, 0.1) is 7.11 Å². The van der Waals surface area contributed by atoms with Gasteiger partial charge in [-0.25, -0.2) is 4.79 Å². The Bertz CT molecular complexity index is 1160. The molecule has 5 rings (SSSR count). The molecule has 6 nitrogen and oxygen atoms in total. The number of methoxy groups -OCH3 is 1. The van der Waals surface area contributed by atoms with Crippen molar-refractivity contribution in [2.24, 2.45) is 0 Å². The molecule has 0 atom stereocenters. The number of carbonyl (C=O) groups excluding carboxylic acids is 3. The van der Waals surface area contributed by atoms with E-state index in [-0.39, 0.29) is 11.6 Å². The maximum atomic E-state index is 12.9. The van der Waals surface area contributed by atoms with Gasteiger partial charge in [0.25, 0.3) is 0 Å².